The van der Waals surface area contributed by atoms with Gasteiger partial charge in [-0.1, -0.05) is 12.8 Å². The lowest BCUT2D eigenvalue weighted by Gasteiger charge is -2.42. The van der Waals surface area contributed by atoms with Crippen molar-refractivity contribution in [2.45, 2.75) is 51.5 Å². The van der Waals surface area contributed by atoms with Gasteiger partial charge in [-0.25, -0.2) is 0 Å². The molecule has 1 unspecified atom stereocenters. The van der Waals surface area contributed by atoms with Gasteiger partial charge in [0.05, 0.1) is 6.04 Å². The van der Waals surface area contributed by atoms with E-state index in [-0.39, 0.29) is 6.04 Å². The Morgan fingerprint density at radius 1 is 1.00 bits per heavy atom. The normalized spacial score (nSPS) is 28.8. The number of piperidine rings is 1. The van der Waals surface area contributed by atoms with Crippen LogP contribution in [0.5, 0.6) is 0 Å². The molecule has 0 bridgehead atoms. The molecule has 4 nitrogen and oxygen atoms in total. The molecular formula is C16H29N3O. The third kappa shape index (κ3) is 2.86. The first-order valence-corrected chi connectivity index (χ1v) is 8.44. The number of carbonyl (C=O) groups is 1. The summed E-state index contributed by atoms with van der Waals surface area (Å²) in [7, 11) is 0. The molecule has 0 aromatic carbocycles. The van der Waals surface area contributed by atoms with Crippen molar-refractivity contribution in [3.8, 4) is 0 Å². The molecule has 1 atom stereocenters. The smallest absolute Gasteiger partial charge is 0.239 e. The molecule has 1 saturated carbocycles. The molecule has 1 spiro atoms. The molecule has 3 rings (SSSR count). The molecule has 2 aliphatic heterocycles. The number of amides is 1. The van der Waals surface area contributed by atoms with Gasteiger partial charge in [-0.05, 0) is 38.0 Å². The number of piperazine rings is 1. The predicted octanol–water partition coefficient (Wildman–Crippen LogP) is 1.46. The van der Waals surface area contributed by atoms with Crippen LogP contribution in [-0.2, 0) is 4.79 Å². The number of likely N-dealkylation sites (tertiary alicyclic amines) is 1. The van der Waals surface area contributed by atoms with Gasteiger partial charge in [-0.2, -0.15) is 0 Å². The van der Waals surface area contributed by atoms with E-state index in [9.17, 15) is 4.79 Å². The number of nitrogens with one attached hydrogen (secondary N) is 1. The molecule has 2 heterocycles. The largest absolute Gasteiger partial charge is 0.341 e. The van der Waals surface area contributed by atoms with Gasteiger partial charge in [-0.3, -0.25) is 9.69 Å². The summed E-state index contributed by atoms with van der Waals surface area (Å²) in [5, 5.41) is 3.35. The van der Waals surface area contributed by atoms with Gasteiger partial charge in [-0.15, -0.1) is 0 Å². The first-order chi connectivity index (χ1) is 9.70. The van der Waals surface area contributed by atoms with Gasteiger partial charge in [0, 0.05) is 39.3 Å². The van der Waals surface area contributed by atoms with Crippen LogP contribution >= 0.6 is 0 Å². The fourth-order valence-corrected chi connectivity index (χ4v) is 4.32. The van der Waals surface area contributed by atoms with Crippen molar-refractivity contribution in [2.24, 2.45) is 5.41 Å². The number of hydrogen-bond acceptors (Lipinski definition) is 3. The minimum atomic E-state index is 0.0646. The quantitative estimate of drug-likeness (QED) is 0.831. The van der Waals surface area contributed by atoms with Crippen LogP contribution in [-0.4, -0.2) is 61.0 Å². The van der Waals surface area contributed by atoms with Crippen LogP contribution in [0.15, 0.2) is 0 Å². The Kier molecular flexibility index (Phi) is 4.32. The second-order valence-corrected chi connectivity index (χ2v) is 6.99. The van der Waals surface area contributed by atoms with Crippen molar-refractivity contribution >= 4 is 5.91 Å². The van der Waals surface area contributed by atoms with E-state index in [1.165, 1.54) is 38.5 Å². The molecular weight excluding hydrogens is 250 g/mol. The van der Waals surface area contributed by atoms with E-state index in [1.807, 2.05) is 0 Å². The van der Waals surface area contributed by atoms with Crippen LogP contribution < -0.4 is 5.32 Å². The molecule has 2 saturated heterocycles. The summed E-state index contributed by atoms with van der Waals surface area (Å²) in [6.45, 7) is 8.12. The van der Waals surface area contributed by atoms with Crippen LogP contribution in [0.2, 0.25) is 0 Å². The van der Waals surface area contributed by atoms with Crippen LogP contribution in [0.25, 0.3) is 0 Å². The third-order valence-electron chi connectivity index (χ3n) is 5.86. The van der Waals surface area contributed by atoms with Gasteiger partial charge in [0.25, 0.3) is 0 Å². The summed E-state index contributed by atoms with van der Waals surface area (Å²) >= 11 is 0. The van der Waals surface area contributed by atoms with Crippen molar-refractivity contribution < 1.29 is 4.79 Å². The minimum Gasteiger partial charge on any atom is -0.341 e. The Hall–Kier alpha value is -0.610. The van der Waals surface area contributed by atoms with E-state index in [4.69, 9.17) is 0 Å². The molecule has 4 heteroatoms. The summed E-state index contributed by atoms with van der Waals surface area (Å²) in [6.07, 6.45) is 8.11. The maximum absolute atomic E-state index is 12.7. The van der Waals surface area contributed by atoms with Crippen LogP contribution in [0.3, 0.4) is 0 Å². The van der Waals surface area contributed by atoms with Crippen molar-refractivity contribution in [3.63, 3.8) is 0 Å². The van der Waals surface area contributed by atoms with Gasteiger partial charge >= 0.3 is 0 Å². The second-order valence-electron chi connectivity index (χ2n) is 6.99. The van der Waals surface area contributed by atoms with Crippen molar-refractivity contribution in [1.82, 2.24) is 15.1 Å². The Labute approximate surface area is 122 Å². The lowest BCUT2D eigenvalue weighted by molar-refractivity contribution is -0.139. The topological polar surface area (TPSA) is 35.6 Å². The molecule has 0 radical (unpaired) electrons. The molecule has 1 N–H and O–H groups in total. The molecule has 1 aliphatic carbocycles. The molecule has 0 aromatic heterocycles. The first-order valence-electron chi connectivity index (χ1n) is 8.44. The average Bonchev–Trinajstić information content (AvgIpc) is 2.96. The molecule has 20 heavy (non-hydrogen) atoms. The van der Waals surface area contributed by atoms with Crippen LogP contribution in [0, 0.1) is 5.41 Å². The lowest BCUT2D eigenvalue weighted by Crippen LogP contribution is -2.55. The standard InChI is InChI=1S/C16H29N3O/c1-14(18-12-8-17-9-13-18)15(20)19-10-6-16(7-11-19)4-2-3-5-16/h14,17H,2-13H2,1H3. The zero-order valence-electron chi connectivity index (χ0n) is 12.9. The highest BCUT2D eigenvalue weighted by Gasteiger charge is 2.39. The number of carbonyl (C=O) groups excluding carboxylic acids is 1. The maximum Gasteiger partial charge on any atom is 0.239 e. The summed E-state index contributed by atoms with van der Waals surface area (Å²) < 4.78 is 0. The third-order valence-corrected chi connectivity index (χ3v) is 5.86. The molecule has 114 valence electrons. The van der Waals surface area contributed by atoms with Gasteiger partial charge in [0.15, 0.2) is 0 Å². The molecule has 0 aromatic rings. The number of hydrogen-bond donors (Lipinski definition) is 1. The highest BCUT2D eigenvalue weighted by atomic mass is 16.2. The first kappa shape index (κ1) is 14.3. The second kappa shape index (κ2) is 6.02. The summed E-state index contributed by atoms with van der Waals surface area (Å²) in [5.41, 5.74) is 0.606. The van der Waals surface area contributed by atoms with Crippen LogP contribution in [0.4, 0.5) is 0 Å². The molecule has 3 fully saturated rings. The Morgan fingerprint density at radius 2 is 1.60 bits per heavy atom. The molecule has 1 amide bonds. The summed E-state index contributed by atoms with van der Waals surface area (Å²) in [5.74, 6) is 0.361. The maximum atomic E-state index is 12.7. The zero-order chi connectivity index (χ0) is 14.0. The Morgan fingerprint density at radius 3 is 2.20 bits per heavy atom. The lowest BCUT2D eigenvalue weighted by atomic mass is 9.77. The highest BCUT2D eigenvalue weighted by Crippen LogP contribution is 2.46. The van der Waals surface area contributed by atoms with Crippen molar-refractivity contribution in [2.75, 3.05) is 39.3 Å². The van der Waals surface area contributed by atoms with E-state index in [0.29, 0.717) is 11.3 Å². The van der Waals surface area contributed by atoms with E-state index in [0.717, 1.165) is 39.3 Å². The number of rotatable bonds is 2. The van der Waals surface area contributed by atoms with Gasteiger partial charge in [0.2, 0.25) is 5.91 Å². The van der Waals surface area contributed by atoms with E-state index in [1.54, 1.807) is 0 Å². The fraction of sp³-hybridized carbons (Fsp3) is 0.938. The van der Waals surface area contributed by atoms with E-state index >= 15 is 0 Å². The van der Waals surface area contributed by atoms with Gasteiger partial charge in [0.1, 0.15) is 0 Å². The Balaban J connectivity index is 1.52. The van der Waals surface area contributed by atoms with Crippen LogP contribution in [0.1, 0.15) is 45.4 Å². The molecule has 3 aliphatic rings. The monoisotopic (exact) mass is 279 g/mol. The number of nitrogens with zero attached hydrogens (tertiary/aromatic N) is 2. The predicted molar refractivity (Wildman–Crippen MR) is 80.6 cm³/mol. The van der Waals surface area contributed by atoms with E-state index < -0.39 is 0 Å². The average molecular weight is 279 g/mol. The van der Waals surface area contributed by atoms with E-state index in [2.05, 4.69) is 22.0 Å². The highest BCUT2D eigenvalue weighted by molar-refractivity contribution is 5.81. The fourth-order valence-electron chi connectivity index (χ4n) is 4.32. The van der Waals surface area contributed by atoms with Crippen molar-refractivity contribution in [1.29, 1.82) is 0 Å². The zero-order valence-corrected chi connectivity index (χ0v) is 12.9. The van der Waals surface area contributed by atoms with Gasteiger partial charge < -0.3 is 10.2 Å². The summed E-state index contributed by atoms with van der Waals surface area (Å²) in [6, 6.07) is 0.0646. The summed E-state index contributed by atoms with van der Waals surface area (Å²) in [4.78, 5) is 17.1. The minimum absolute atomic E-state index is 0.0646. The Bertz CT molecular complexity index is 336. The SMILES string of the molecule is CC(C(=O)N1CCC2(CCCC2)CC1)N1CCNCC1. The van der Waals surface area contributed by atoms with Crippen molar-refractivity contribution in [3.05, 3.63) is 0 Å².